The molecule has 0 fully saturated rings. The minimum absolute atomic E-state index is 0.00855. The molecular weight excluding hydrogens is 258 g/mol. The molecule has 20 heavy (non-hydrogen) atoms. The molecule has 0 unspecified atom stereocenters. The number of hydrogen-bond acceptors (Lipinski definition) is 4. The number of nitro groups is 1. The van der Waals surface area contributed by atoms with Crippen LogP contribution in [0, 0.1) is 10.1 Å². The molecule has 0 aliphatic rings. The van der Waals surface area contributed by atoms with E-state index in [0.717, 1.165) is 12.1 Å². The summed E-state index contributed by atoms with van der Waals surface area (Å²) in [5, 5.41) is 10.7. The Morgan fingerprint density at radius 2 is 2.05 bits per heavy atom. The second-order valence-corrected chi connectivity index (χ2v) is 4.35. The predicted octanol–water partition coefficient (Wildman–Crippen LogP) is 2.71. The van der Waals surface area contributed by atoms with E-state index in [2.05, 4.69) is 11.9 Å². The lowest BCUT2D eigenvalue weighted by Crippen LogP contribution is -2.30. The Kier molecular flexibility index (Phi) is 2.90. The van der Waals surface area contributed by atoms with Gasteiger partial charge in [-0.25, -0.2) is 9.55 Å². The summed E-state index contributed by atoms with van der Waals surface area (Å²) in [4.78, 5) is 14.6. The molecule has 0 radical (unpaired) electrons. The molecule has 2 heterocycles. The SMILES string of the molecule is CC[n+]1ccc(-c2nc3cc([N+](=O)[O-])ccc3o2)cc1. The highest BCUT2D eigenvalue weighted by Gasteiger charge is 2.13. The van der Waals surface area contributed by atoms with E-state index >= 15 is 0 Å². The fraction of sp³-hybridized carbons (Fsp3) is 0.143. The first-order valence-electron chi connectivity index (χ1n) is 6.22. The van der Waals surface area contributed by atoms with Crippen LogP contribution < -0.4 is 4.57 Å². The molecule has 0 N–H and O–H groups in total. The molecule has 0 saturated carbocycles. The third-order valence-electron chi connectivity index (χ3n) is 3.09. The van der Waals surface area contributed by atoms with Gasteiger partial charge in [0, 0.05) is 29.8 Å². The number of oxazole rings is 1. The van der Waals surface area contributed by atoms with Crippen LogP contribution in [0.3, 0.4) is 0 Å². The zero-order valence-corrected chi connectivity index (χ0v) is 10.8. The first-order valence-corrected chi connectivity index (χ1v) is 6.22. The van der Waals surface area contributed by atoms with E-state index in [1.54, 1.807) is 6.07 Å². The van der Waals surface area contributed by atoms with E-state index in [0.29, 0.717) is 17.0 Å². The molecule has 100 valence electrons. The summed E-state index contributed by atoms with van der Waals surface area (Å²) >= 11 is 0. The van der Waals surface area contributed by atoms with Crippen molar-refractivity contribution in [2.24, 2.45) is 0 Å². The second kappa shape index (κ2) is 4.73. The number of non-ortho nitro benzene ring substituents is 1. The maximum atomic E-state index is 10.7. The predicted molar refractivity (Wildman–Crippen MR) is 72.0 cm³/mol. The summed E-state index contributed by atoms with van der Waals surface area (Å²) in [5.41, 5.74) is 1.88. The molecule has 0 aliphatic carbocycles. The van der Waals surface area contributed by atoms with Gasteiger partial charge in [-0.05, 0) is 13.0 Å². The Bertz CT molecular complexity index is 778. The van der Waals surface area contributed by atoms with E-state index in [-0.39, 0.29) is 5.69 Å². The number of nitro benzene ring substituents is 1. The van der Waals surface area contributed by atoms with Crippen LogP contribution in [-0.2, 0) is 6.54 Å². The van der Waals surface area contributed by atoms with Crippen molar-refractivity contribution in [2.75, 3.05) is 0 Å². The van der Waals surface area contributed by atoms with Crippen molar-refractivity contribution < 1.29 is 13.9 Å². The summed E-state index contributed by atoms with van der Waals surface area (Å²) in [7, 11) is 0. The summed E-state index contributed by atoms with van der Waals surface area (Å²) < 4.78 is 7.64. The highest BCUT2D eigenvalue weighted by atomic mass is 16.6. The van der Waals surface area contributed by atoms with E-state index in [9.17, 15) is 10.1 Å². The van der Waals surface area contributed by atoms with E-state index in [1.807, 2.05) is 29.1 Å². The molecule has 6 nitrogen and oxygen atoms in total. The number of rotatable bonds is 3. The normalized spacial score (nSPS) is 10.8. The number of nitrogens with zero attached hydrogens (tertiary/aromatic N) is 3. The van der Waals surface area contributed by atoms with E-state index in [1.165, 1.54) is 12.1 Å². The molecular formula is C14H12N3O3+. The lowest BCUT2D eigenvalue weighted by molar-refractivity contribution is -0.693. The Morgan fingerprint density at radius 1 is 1.30 bits per heavy atom. The maximum absolute atomic E-state index is 10.7. The number of benzene rings is 1. The first kappa shape index (κ1) is 12.3. The van der Waals surface area contributed by atoms with Crippen LogP contribution in [0.15, 0.2) is 47.1 Å². The molecule has 6 heteroatoms. The van der Waals surface area contributed by atoms with Gasteiger partial charge in [0.25, 0.3) is 5.69 Å². The summed E-state index contributed by atoms with van der Waals surface area (Å²) in [5.74, 6) is 0.462. The number of pyridine rings is 1. The fourth-order valence-electron chi connectivity index (χ4n) is 1.96. The molecule has 0 spiro atoms. The molecule has 2 aromatic heterocycles. The summed E-state index contributed by atoms with van der Waals surface area (Å²) in [6.07, 6.45) is 3.87. The van der Waals surface area contributed by atoms with Gasteiger partial charge >= 0.3 is 0 Å². The summed E-state index contributed by atoms with van der Waals surface area (Å²) in [6, 6.07) is 8.20. The van der Waals surface area contributed by atoms with Gasteiger partial charge in [0.1, 0.15) is 12.1 Å². The molecule has 0 atom stereocenters. The third kappa shape index (κ3) is 2.11. The average Bonchev–Trinajstić information content (AvgIpc) is 2.90. The lowest BCUT2D eigenvalue weighted by atomic mass is 10.2. The molecule has 3 aromatic rings. The minimum Gasteiger partial charge on any atom is -0.436 e. The van der Waals surface area contributed by atoms with Crippen molar-refractivity contribution in [3.8, 4) is 11.5 Å². The second-order valence-electron chi connectivity index (χ2n) is 4.35. The molecule has 3 rings (SSSR count). The van der Waals surface area contributed by atoms with Gasteiger partial charge in [0.15, 0.2) is 18.0 Å². The van der Waals surface area contributed by atoms with Gasteiger partial charge in [0.05, 0.1) is 4.92 Å². The smallest absolute Gasteiger partial charge is 0.271 e. The molecule has 1 aromatic carbocycles. The lowest BCUT2D eigenvalue weighted by Gasteiger charge is -1.93. The fourth-order valence-corrected chi connectivity index (χ4v) is 1.96. The van der Waals surface area contributed by atoms with Gasteiger partial charge < -0.3 is 4.42 Å². The van der Waals surface area contributed by atoms with Crippen LogP contribution in [0.5, 0.6) is 0 Å². The highest BCUT2D eigenvalue weighted by molar-refractivity contribution is 5.78. The molecule has 0 aliphatic heterocycles. The van der Waals surface area contributed by atoms with Crippen molar-refractivity contribution in [1.82, 2.24) is 4.98 Å². The minimum atomic E-state index is -0.444. The van der Waals surface area contributed by atoms with Gasteiger partial charge in [-0.2, -0.15) is 0 Å². The van der Waals surface area contributed by atoms with Crippen LogP contribution >= 0.6 is 0 Å². The van der Waals surface area contributed by atoms with Crippen molar-refractivity contribution in [3.05, 3.63) is 52.8 Å². The van der Waals surface area contributed by atoms with Crippen LogP contribution in [0.25, 0.3) is 22.6 Å². The molecule has 0 amide bonds. The van der Waals surface area contributed by atoms with Crippen LogP contribution in [0.1, 0.15) is 6.92 Å². The van der Waals surface area contributed by atoms with Crippen molar-refractivity contribution in [3.63, 3.8) is 0 Å². The number of fused-ring (bicyclic) bond motifs is 1. The van der Waals surface area contributed by atoms with Crippen molar-refractivity contribution >= 4 is 16.8 Å². The number of hydrogen-bond donors (Lipinski definition) is 0. The van der Waals surface area contributed by atoms with Gasteiger partial charge in [0.2, 0.25) is 5.89 Å². The number of aryl methyl sites for hydroxylation is 1. The van der Waals surface area contributed by atoms with Crippen molar-refractivity contribution in [2.45, 2.75) is 13.5 Å². The zero-order valence-electron chi connectivity index (χ0n) is 10.8. The highest BCUT2D eigenvalue weighted by Crippen LogP contribution is 2.26. The summed E-state index contributed by atoms with van der Waals surface area (Å²) in [6.45, 7) is 2.94. The van der Waals surface area contributed by atoms with Gasteiger partial charge in [-0.3, -0.25) is 10.1 Å². The third-order valence-corrected chi connectivity index (χ3v) is 3.09. The zero-order chi connectivity index (χ0) is 14.1. The monoisotopic (exact) mass is 270 g/mol. The molecule has 0 bridgehead atoms. The molecule has 0 saturated heterocycles. The first-order chi connectivity index (χ1) is 9.67. The maximum Gasteiger partial charge on any atom is 0.271 e. The standard InChI is InChI=1S/C14H12N3O3/c1-2-16-7-5-10(6-8-16)14-15-12-9-11(17(18)19)3-4-13(12)20-14/h3-9H,2H2,1H3/q+1. The Morgan fingerprint density at radius 3 is 2.70 bits per heavy atom. The quantitative estimate of drug-likeness (QED) is 0.416. The number of aromatic nitrogens is 2. The largest absolute Gasteiger partial charge is 0.436 e. The Labute approximate surface area is 114 Å². The Hall–Kier alpha value is -2.76. The topological polar surface area (TPSA) is 73.0 Å². The van der Waals surface area contributed by atoms with Gasteiger partial charge in [-0.1, -0.05) is 0 Å². The van der Waals surface area contributed by atoms with Crippen LogP contribution in [-0.4, -0.2) is 9.91 Å². The Balaban J connectivity index is 2.05. The van der Waals surface area contributed by atoms with Crippen LogP contribution in [0.2, 0.25) is 0 Å². The van der Waals surface area contributed by atoms with Gasteiger partial charge in [-0.15, -0.1) is 0 Å². The van der Waals surface area contributed by atoms with Crippen LogP contribution in [0.4, 0.5) is 5.69 Å². The van der Waals surface area contributed by atoms with E-state index < -0.39 is 4.92 Å². The average molecular weight is 270 g/mol. The van der Waals surface area contributed by atoms with E-state index in [4.69, 9.17) is 4.42 Å². The van der Waals surface area contributed by atoms with Crippen molar-refractivity contribution in [1.29, 1.82) is 0 Å².